The summed E-state index contributed by atoms with van der Waals surface area (Å²) in [5, 5.41) is 0.286. The van der Waals surface area contributed by atoms with E-state index in [4.69, 9.17) is 5.73 Å². The molecule has 2 N–H and O–H groups in total. The molecule has 0 aromatic rings. The van der Waals surface area contributed by atoms with Crippen LogP contribution in [0.4, 0.5) is 0 Å². The summed E-state index contributed by atoms with van der Waals surface area (Å²) in [5.74, 6) is 2.42. The first-order chi connectivity index (χ1) is 8.20. The summed E-state index contributed by atoms with van der Waals surface area (Å²) in [6.45, 7) is 2.25. The van der Waals surface area contributed by atoms with Gasteiger partial charge in [-0.2, -0.15) is 0 Å². The number of hydrogen-bond donors (Lipinski definition) is 1. The van der Waals surface area contributed by atoms with E-state index in [9.17, 15) is 4.21 Å². The van der Waals surface area contributed by atoms with E-state index in [0.29, 0.717) is 0 Å². The summed E-state index contributed by atoms with van der Waals surface area (Å²) in [4.78, 5) is 0. The van der Waals surface area contributed by atoms with Crippen molar-refractivity contribution < 1.29 is 4.21 Å². The van der Waals surface area contributed by atoms with Crippen LogP contribution in [0.2, 0.25) is 0 Å². The molecule has 2 aliphatic rings. The number of nitrogens with two attached hydrogens (primary N) is 1. The van der Waals surface area contributed by atoms with Crippen molar-refractivity contribution in [2.45, 2.75) is 69.6 Å². The van der Waals surface area contributed by atoms with Gasteiger partial charge in [0.2, 0.25) is 0 Å². The van der Waals surface area contributed by atoms with Crippen molar-refractivity contribution in [3.8, 4) is 0 Å². The Labute approximate surface area is 108 Å². The van der Waals surface area contributed by atoms with Gasteiger partial charge in [0, 0.05) is 22.6 Å². The van der Waals surface area contributed by atoms with Gasteiger partial charge in [0.05, 0.1) is 5.25 Å². The molecule has 17 heavy (non-hydrogen) atoms. The van der Waals surface area contributed by atoms with Gasteiger partial charge in [-0.15, -0.1) is 0 Å². The van der Waals surface area contributed by atoms with Crippen LogP contribution in [0.5, 0.6) is 0 Å². The van der Waals surface area contributed by atoms with Gasteiger partial charge in [0.25, 0.3) is 0 Å². The average molecular weight is 257 g/mol. The van der Waals surface area contributed by atoms with Crippen molar-refractivity contribution in [1.82, 2.24) is 0 Å². The fourth-order valence-electron chi connectivity index (χ4n) is 3.44. The minimum atomic E-state index is -0.674. The highest BCUT2D eigenvalue weighted by atomic mass is 32.2. The van der Waals surface area contributed by atoms with E-state index in [2.05, 4.69) is 6.92 Å². The smallest absolute Gasteiger partial charge is 0.0501 e. The highest BCUT2D eigenvalue weighted by Crippen LogP contribution is 2.32. The van der Waals surface area contributed by atoms with Crippen molar-refractivity contribution in [2.75, 3.05) is 5.75 Å². The Morgan fingerprint density at radius 1 is 1.12 bits per heavy atom. The van der Waals surface area contributed by atoms with Crippen LogP contribution in [0.25, 0.3) is 0 Å². The molecule has 4 atom stereocenters. The molecule has 0 spiro atoms. The van der Waals surface area contributed by atoms with Crippen LogP contribution in [-0.2, 0) is 10.8 Å². The second-order valence-electron chi connectivity index (χ2n) is 5.99. The third-order valence-corrected chi connectivity index (χ3v) is 6.76. The first kappa shape index (κ1) is 13.5. The minimum Gasteiger partial charge on any atom is -0.327 e. The summed E-state index contributed by atoms with van der Waals surface area (Å²) in [7, 11) is -0.674. The van der Waals surface area contributed by atoms with E-state index < -0.39 is 10.8 Å². The van der Waals surface area contributed by atoms with Crippen LogP contribution in [-0.4, -0.2) is 21.3 Å². The lowest BCUT2D eigenvalue weighted by Crippen LogP contribution is -2.44. The van der Waals surface area contributed by atoms with Crippen LogP contribution in [0, 0.1) is 11.8 Å². The largest absolute Gasteiger partial charge is 0.327 e. The normalized spacial score (nSPS) is 37.2. The zero-order valence-electron chi connectivity index (χ0n) is 11.1. The Kier molecular flexibility index (Phi) is 5.04. The van der Waals surface area contributed by atoms with Gasteiger partial charge in [-0.3, -0.25) is 4.21 Å². The number of hydrogen-bond acceptors (Lipinski definition) is 2. The van der Waals surface area contributed by atoms with Crippen molar-refractivity contribution in [2.24, 2.45) is 17.6 Å². The van der Waals surface area contributed by atoms with Gasteiger partial charge in [0.15, 0.2) is 0 Å². The van der Waals surface area contributed by atoms with Gasteiger partial charge in [-0.1, -0.05) is 26.2 Å². The third-order valence-electron chi connectivity index (χ3n) is 4.74. The monoisotopic (exact) mass is 257 g/mol. The van der Waals surface area contributed by atoms with Gasteiger partial charge in [-0.25, -0.2) is 0 Å². The quantitative estimate of drug-likeness (QED) is 0.841. The fourth-order valence-corrected chi connectivity index (χ4v) is 5.50. The summed E-state index contributed by atoms with van der Waals surface area (Å²) in [5.41, 5.74) is 6.18. The highest BCUT2D eigenvalue weighted by molar-refractivity contribution is 7.85. The SMILES string of the molecule is CCC1CCC(N)C(S(=O)CC2CCCC2)C1. The molecule has 2 fully saturated rings. The fraction of sp³-hybridized carbons (Fsp3) is 1.00. The molecule has 3 heteroatoms. The van der Waals surface area contributed by atoms with Crippen molar-refractivity contribution in [3.05, 3.63) is 0 Å². The van der Waals surface area contributed by atoms with Crippen molar-refractivity contribution >= 4 is 10.8 Å². The molecule has 0 heterocycles. The molecular weight excluding hydrogens is 230 g/mol. The van der Waals surface area contributed by atoms with Crippen molar-refractivity contribution in [3.63, 3.8) is 0 Å². The second kappa shape index (κ2) is 6.33. The van der Waals surface area contributed by atoms with E-state index in [1.165, 1.54) is 38.5 Å². The standard InChI is InChI=1S/C14H27NOS/c1-2-11-7-8-13(15)14(9-11)17(16)10-12-5-3-4-6-12/h11-14H,2-10,15H2,1H3. The summed E-state index contributed by atoms with van der Waals surface area (Å²) in [6, 6.07) is 0.194. The van der Waals surface area contributed by atoms with E-state index >= 15 is 0 Å². The van der Waals surface area contributed by atoms with E-state index in [0.717, 1.165) is 30.4 Å². The average Bonchev–Trinajstić information content (AvgIpc) is 2.82. The molecule has 0 radical (unpaired) electrons. The van der Waals surface area contributed by atoms with Crippen LogP contribution in [0.1, 0.15) is 58.3 Å². The second-order valence-corrected chi connectivity index (χ2v) is 7.69. The first-order valence-corrected chi connectivity index (χ1v) is 8.71. The Bertz CT molecular complexity index is 263. The molecule has 100 valence electrons. The lowest BCUT2D eigenvalue weighted by Gasteiger charge is -2.33. The molecule has 2 aliphatic carbocycles. The third kappa shape index (κ3) is 3.54. The molecule has 2 saturated carbocycles. The van der Waals surface area contributed by atoms with Crippen molar-refractivity contribution in [1.29, 1.82) is 0 Å². The van der Waals surface area contributed by atoms with Gasteiger partial charge >= 0.3 is 0 Å². The molecule has 0 bridgehead atoms. The number of rotatable bonds is 4. The first-order valence-electron chi connectivity index (χ1n) is 7.33. The van der Waals surface area contributed by atoms with Gasteiger partial charge in [0.1, 0.15) is 0 Å². The molecule has 0 aliphatic heterocycles. The maximum Gasteiger partial charge on any atom is 0.0501 e. The van der Waals surface area contributed by atoms with Crippen LogP contribution in [0.3, 0.4) is 0 Å². The lowest BCUT2D eigenvalue weighted by molar-refractivity contribution is 0.323. The zero-order chi connectivity index (χ0) is 12.3. The van der Waals surface area contributed by atoms with Crippen LogP contribution >= 0.6 is 0 Å². The zero-order valence-corrected chi connectivity index (χ0v) is 11.9. The molecule has 0 aromatic heterocycles. The Hall–Kier alpha value is 0.110. The molecule has 0 aromatic carbocycles. The summed E-state index contributed by atoms with van der Waals surface area (Å²) in [6.07, 6.45) is 9.94. The predicted molar refractivity (Wildman–Crippen MR) is 74.4 cm³/mol. The lowest BCUT2D eigenvalue weighted by atomic mass is 9.84. The summed E-state index contributed by atoms with van der Waals surface area (Å²) >= 11 is 0. The van der Waals surface area contributed by atoms with E-state index in [1.807, 2.05) is 0 Å². The molecule has 2 rings (SSSR count). The Balaban J connectivity index is 1.87. The van der Waals surface area contributed by atoms with Crippen LogP contribution in [0.15, 0.2) is 0 Å². The van der Waals surface area contributed by atoms with E-state index in [1.54, 1.807) is 0 Å². The molecule has 2 nitrogen and oxygen atoms in total. The molecule has 4 unspecified atom stereocenters. The minimum absolute atomic E-state index is 0.194. The molecule has 0 amide bonds. The Morgan fingerprint density at radius 2 is 1.82 bits per heavy atom. The van der Waals surface area contributed by atoms with Gasteiger partial charge in [-0.05, 0) is 43.9 Å². The van der Waals surface area contributed by atoms with Gasteiger partial charge < -0.3 is 5.73 Å². The van der Waals surface area contributed by atoms with E-state index in [-0.39, 0.29) is 11.3 Å². The topological polar surface area (TPSA) is 43.1 Å². The molecular formula is C14H27NOS. The maximum atomic E-state index is 12.5. The maximum absolute atomic E-state index is 12.5. The summed E-state index contributed by atoms with van der Waals surface area (Å²) < 4.78 is 12.5. The van der Waals surface area contributed by atoms with Crippen LogP contribution < -0.4 is 5.73 Å². The molecule has 0 saturated heterocycles. The Morgan fingerprint density at radius 3 is 2.47 bits per heavy atom. The highest BCUT2D eigenvalue weighted by Gasteiger charge is 2.32. The predicted octanol–water partition coefficient (Wildman–Crippen LogP) is 2.83.